The van der Waals surface area contributed by atoms with E-state index in [1.54, 1.807) is 42.5 Å². The van der Waals surface area contributed by atoms with Crippen LogP contribution in [-0.2, 0) is 14.3 Å². The average Bonchev–Trinajstić information content (AvgIpc) is 3.40. The number of halogens is 1. The Kier molecular flexibility index (Phi) is 4.66. The minimum atomic E-state index is -2.05. The summed E-state index contributed by atoms with van der Waals surface area (Å²) in [6.45, 7) is 1.88. The molecular formula is C27H18INO5. The molecule has 1 spiro atoms. The zero-order valence-electron chi connectivity index (χ0n) is 18.0. The summed E-state index contributed by atoms with van der Waals surface area (Å²) in [5.74, 6) is -4.37. The molecular weight excluding hydrogens is 545 g/mol. The maximum atomic E-state index is 13.9. The minimum Gasteiger partial charge on any atom is -0.349 e. The van der Waals surface area contributed by atoms with E-state index < -0.39 is 46.9 Å². The van der Waals surface area contributed by atoms with Crippen molar-refractivity contribution in [3.63, 3.8) is 0 Å². The van der Waals surface area contributed by atoms with Crippen molar-refractivity contribution in [3.05, 3.63) is 98.6 Å². The lowest BCUT2D eigenvalue weighted by Crippen LogP contribution is -2.51. The van der Waals surface area contributed by atoms with Gasteiger partial charge in [0.25, 0.3) is 0 Å². The zero-order valence-corrected chi connectivity index (χ0v) is 20.2. The average molecular weight is 563 g/mol. The number of rotatable bonds is 2. The van der Waals surface area contributed by atoms with E-state index in [2.05, 4.69) is 22.6 Å². The van der Waals surface area contributed by atoms with Crippen molar-refractivity contribution in [1.82, 2.24) is 0 Å². The molecule has 0 N–H and O–H groups in total. The van der Waals surface area contributed by atoms with Crippen molar-refractivity contribution >= 4 is 51.7 Å². The van der Waals surface area contributed by atoms with Crippen molar-refractivity contribution in [1.29, 1.82) is 0 Å². The predicted octanol–water partition coefficient (Wildman–Crippen LogP) is 4.29. The number of ether oxygens (including phenoxy) is 1. The molecule has 34 heavy (non-hydrogen) atoms. The van der Waals surface area contributed by atoms with Crippen molar-refractivity contribution in [2.45, 2.75) is 18.6 Å². The van der Waals surface area contributed by atoms with E-state index >= 15 is 0 Å². The highest BCUT2D eigenvalue weighted by Gasteiger charge is 2.74. The van der Waals surface area contributed by atoms with Crippen LogP contribution in [0, 0.1) is 22.3 Å². The van der Waals surface area contributed by atoms with Gasteiger partial charge in [0.2, 0.25) is 29.0 Å². The van der Waals surface area contributed by atoms with Crippen LogP contribution in [0.3, 0.4) is 0 Å². The number of anilines is 1. The molecule has 0 radical (unpaired) electrons. The number of carbonyl (C=O) groups is 4. The predicted molar refractivity (Wildman–Crippen MR) is 131 cm³/mol. The van der Waals surface area contributed by atoms with Crippen LogP contribution >= 0.6 is 22.6 Å². The van der Waals surface area contributed by atoms with Gasteiger partial charge in [-0.3, -0.25) is 19.2 Å². The largest absolute Gasteiger partial charge is 0.349 e. The monoisotopic (exact) mass is 563 g/mol. The number of hydrogen-bond donors (Lipinski definition) is 0. The Hall–Kier alpha value is -3.17. The first-order valence-corrected chi connectivity index (χ1v) is 12.0. The molecule has 0 saturated carbocycles. The topological polar surface area (TPSA) is 80.8 Å². The molecule has 168 valence electrons. The van der Waals surface area contributed by atoms with E-state index in [0.29, 0.717) is 11.3 Å². The number of fused-ring (bicyclic) bond motifs is 3. The van der Waals surface area contributed by atoms with Crippen LogP contribution in [0.1, 0.15) is 37.9 Å². The van der Waals surface area contributed by atoms with Crippen LogP contribution in [0.2, 0.25) is 0 Å². The summed E-state index contributed by atoms with van der Waals surface area (Å²) in [5.41, 5.74) is 0.391. The van der Waals surface area contributed by atoms with E-state index in [0.717, 1.165) is 14.0 Å². The van der Waals surface area contributed by atoms with Crippen LogP contribution in [0.15, 0.2) is 72.8 Å². The summed E-state index contributed by atoms with van der Waals surface area (Å²) in [5, 5.41) is 0. The SMILES string of the molecule is Cc1ccccc1[C@@H]1OC2(C(=O)c3ccccc3C2=O)[C@@H]2C(=O)N(c3ccccc3I)C(=O)[C@H]21. The molecule has 1 aliphatic carbocycles. The molecule has 0 bridgehead atoms. The first-order valence-electron chi connectivity index (χ1n) is 10.9. The number of hydrogen-bond acceptors (Lipinski definition) is 5. The Labute approximate surface area is 209 Å². The number of para-hydroxylation sites is 1. The highest BCUT2D eigenvalue weighted by molar-refractivity contribution is 14.1. The smallest absolute Gasteiger partial charge is 0.241 e. The second kappa shape index (κ2) is 7.41. The van der Waals surface area contributed by atoms with Gasteiger partial charge in [-0.05, 0) is 52.8 Å². The molecule has 3 atom stereocenters. The molecule has 2 amide bonds. The Morgan fingerprint density at radius 2 is 1.38 bits per heavy atom. The summed E-state index contributed by atoms with van der Waals surface area (Å²) in [6.07, 6.45) is -0.906. The van der Waals surface area contributed by atoms with Gasteiger partial charge in [0, 0.05) is 14.7 Å². The molecule has 0 aromatic heterocycles. The molecule has 3 aromatic carbocycles. The number of nitrogens with zero attached hydrogens (tertiary/aromatic N) is 1. The first kappa shape index (κ1) is 21.4. The Morgan fingerprint density at radius 3 is 2.03 bits per heavy atom. The van der Waals surface area contributed by atoms with Crippen molar-refractivity contribution < 1.29 is 23.9 Å². The Morgan fingerprint density at radius 1 is 0.794 bits per heavy atom. The lowest BCUT2D eigenvalue weighted by Gasteiger charge is -2.28. The van der Waals surface area contributed by atoms with E-state index in [4.69, 9.17) is 4.74 Å². The van der Waals surface area contributed by atoms with Gasteiger partial charge < -0.3 is 4.74 Å². The highest BCUT2D eigenvalue weighted by atomic mass is 127. The van der Waals surface area contributed by atoms with Gasteiger partial charge in [-0.25, -0.2) is 4.90 Å². The van der Waals surface area contributed by atoms with Gasteiger partial charge in [0.1, 0.15) is 0 Å². The van der Waals surface area contributed by atoms with Gasteiger partial charge in [0.15, 0.2) is 0 Å². The molecule has 2 aliphatic heterocycles. The standard InChI is InChI=1S/C27H18INO5/c1-14-8-2-3-9-15(14)22-20-21(26(33)29(25(20)32)19-13-7-6-12-18(19)28)27(34-22)23(30)16-10-4-5-11-17(16)24(27)31/h2-13,20-22H,1H3/t20-,21+,22+/m1/s1. The van der Waals surface area contributed by atoms with Crippen LogP contribution in [0.5, 0.6) is 0 Å². The molecule has 3 aliphatic rings. The molecule has 2 saturated heterocycles. The maximum Gasteiger partial charge on any atom is 0.241 e. The third-order valence-corrected chi connectivity index (χ3v) is 8.02. The fraction of sp³-hybridized carbons (Fsp3) is 0.185. The molecule has 6 nitrogen and oxygen atoms in total. The molecule has 2 fully saturated rings. The van der Waals surface area contributed by atoms with E-state index in [-0.39, 0.29) is 11.1 Å². The van der Waals surface area contributed by atoms with E-state index in [9.17, 15) is 19.2 Å². The number of aryl methyl sites for hydroxylation is 1. The lowest BCUT2D eigenvalue weighted by molar-refractivity contribution is -0.127. The molecule has 0 unspecified atom stereocenters. The van der Waals surface area contributed by atoms with Crippen LogP contribution < -0.4 is 4.90 Å². The second-order valence-electron chi connectivity index (χ2n) is 8.80. The van der Waals surface area contributed by atoms with Gasteiger partial charge in [-0.1, -0.05) is 60.7 Å². The summed E-state index contributed by atoms with van der Waals surface area (Å²) < 4.78 is 7.06. The number of imide groups is 1. The van der Waals surface area contributed by atoms with E-state index in [1.165, 1.54) is 0 Å². The van der Waals surface area contributed by atoms with E-state index in [1.807, 2.05) is 37.3 Å². The molecule has 6 rings (SSSR count). The highest BCUT2D eigenvalue weighted by Crippen LogP contribution is 2.58. The summed E-state index contributed by atoms with van der Waals surface area (Å²) in [7, 11) is 0. The van der Waals surface area contributed by atoms with Crippen molar-refractivity contribution in [2.24, 2.45) is 11.8 Å². The van der Waals surface area contributed by atoms with Gasteiger partial charge in [-0.15, -0.1) is 0 Å². The first-order chi connectivity index (χ1) is 16.4. The lowest BCUT2D eigenvalue weighted by atomic mass is 9.77. The van der Waals surface area contributed by atoms with Gasteiger partial charge in [-0.2, -0.15) is 0 Å². The van der Waals surface area contributed by atoms with Crippen molar-refractivity contribution in [2.75, 3.05) is 4.90 Å². The van der Waals surface area contributed by atoms with Crippen LogP contribution in [0.4, 0.5) is 5.69 Å². The molecule has 2 heterocycles. The van der Waals surface area contributed by atoms with Crippen molar-refractivity contribution in [3.8, 4) is 0 Å². The third-order valence-electron chi connectivity index (χ3n) is 7.11. The normalized spacial score (nSPS) is 24.8. The van der Waals surface area contributed by atoms with Gasteiger partial charge in [0.05, 0.1) is 23.6 Å². The second-order valence-corrected chi connectivity index (χ2v) is 9.96. The maximum absolute atomic E-state index is 13.9. The Bertz CT molecular complexity index is 1390. The quantitative estimate of drug-likeness (QED) is 0.264. The zero-order chi connectivity index (χ0) is 23.8. The number of benzene rings is 3. The van der Waals surface area contributed by atoms with Crippen LogP contribution in [0.25, 0.3) is 0 Å². The van der Waals surface area contributed by atoms with Gasteiger partial charge >= 0.3 is 0 Å². The minimum absolute atomic E-state index is 0.227. The summed E-state index contributed by atoms with van der Waals surface area (Å²) >= 11 is 2.07. The molecule has 3 aromatic rings. The summed E-state index contributed by atoms with van der Waals surface area (Å²) in [4.78, 5) is 56.5. The number of ketones is 2. The summed E-state index contributed by atoms with van der Waals surface area (Å²) in [6, 6.07) is 20.9. The van der Waals surface area contributed by atoms with Crippen LogP contribution in [-0.4, -0.2) is 29.0 Å². The number of amides is 2. The fourth-order valence-electron chi connectivity index (χ4n) is 5.58. The number of Topliss-reactive ketones (excluding diaryl/α,β-unsaturated/α-hetero) is 2. The third kappa shape index (κ3) is 2.59. The Balaban J connectivity index is 1.58. The molecule has 7 heteroatoms. The number of carbonyl (C=O) groups excluding carboxylic acids is 4. The fourth-order valence-corrected chi connectivity index (χ4v) is 6.20.